The van der Waals surface area contributed by atoms with Gasteiger partial charge in [-0.05, 0) is 67.9 Å². The lowest BCUT2D eigenvalue weighted by molar-refractivity contribution is -0.117. The molecule has 8 nitrogen and oxygen atoms in total. The molecule has 2 aliphatic rings. The van der Waals surface area contributed by atoms with Crippen LogP contribution in [0.15, 0.2) is 48.9 Å². The Balaban J connectivity index is 1.13. The minimum Gasteiger partial charge on any atom is -0.356 e. The number of fused-ring (bicyclic) bond motifs is 1. The summed E-state index contributed by atoms with van der Waals surface area (Å²) in [4.78, 5) is 43.1. The average molecular weight is 473 g/mol. The zero-order chi connectivity index (χ0) is 24.2. The molecule has 1 unspecified atom stereocenters. The van der Waals surface area contributed by atoms with Gasteiger partial charge in [0.15, 0.2) is 0 Å². The quantitative estimate of drug-likeness (QED) is 0.600. The predicted octanol–water partition coefficient (Wildman–Crippen LogP) is 4.14. The number of rotatable bonds is 5. The number of nitrogens with one attached hydrogen (secondary N) is 1. The van der Waals surface area contributed by atoms with Crippen LogP contribution in [0.3, 0.4) is 0 Å². The molecule has 2 aromatic heterocycles. The maximum Gasteiger partial charge on any atom is 0.254 e. The lowest BCUT2D eigenvalue weighted by atomic mass is 9.93. The number of carbonyl (C=O) groups is 2. The van der Waals surface area contributed by atoms with Crippen molar-refractivity contribution < 1.29 is 9.59 Å². The lowest BCUT2D eigenvalue weighted by Crippen LogP contribution is -2.39. The maximum atomic E-state index is 13.2. The monoisotopic (exact) mass is 472 g/mol. The summed E-state index contributed by atoms with van der Waals surface area (Å²) in [6, 6.07) is 9.30. The molecule has 1 aromatic carbocycles. The van der Waals surface area contributed by atoms with Gasteiger partial charge in [0, 0.05) is 62.4 Å². The fourth-order valence-electron chi connectivity index (χ4n) is 5.16. The van der Waals surface area contributed by atoms with Crippen LogP contribution in [-0.2, 0) is 4.79 Å². The summed E-state index contributed by atoms with van der Waals surface area (Å²) in [5.74, 6) is 1.86. The topological polar surface area (TPSA) is 91.3 Å². The summed E-state index contributed by atoms with van der Waals surface area (Å²) in [7, 11) is 0. The highest BCUT2D eigenvalue weighted by Gasteiger charge is 2.26. The minimum absolute atomic E-state index is 0.00690. The van der Waals surface area contributed by atoms with Gasteiger partial charge < -0.3 is 15.1 Å². The zero-order valence-corrected chi connectivity index (χ0v) is 20.2. The molecule has 4 heterocycles. The first-order chi connectivity index (χ1) is 17.0. The molecule has 3 aromatic rings. The third kappa shape index (κ3) is 5.58. The molecule has 2 aliphatic heterocycles. The molecule has 0 radical (unpaired) electrons. The van der Waals surface area contributed by atoms with Gasteiger partial charge in [-0.25, -0.2) is 4.98 Å². The highest BCUT2D eigenvalue weighted by molar-refractivity contribution is 5.95. The van der Waals surface area contributed by atoms with Gasteiger partial charge in [0.25, 0.3) is 5.91 Å². The van der Waals surface area contributed by atoms with Gasteiger partial charge in [-0.1, -0.05) is 6.92 Å². The van der Waals surface area contributed by atoms with Gasteiger partial charge in [0.1, 0.15) is 5.82 Å². The van der Waals surface area contributed by atoms with Crippen molar-refractivity contribution in [1.82, 2.24) is 19.9 Å². The third-order valence-corrected chi connectivity index (χ3v) is 7.10. The first-order valence-corrected chi connectivity index (χ1v) is 12.6. The molecule has 2 amide bonds. The zero-order valence-electron chi connectivity index (χ0n) is 20.2. The number of anilines is 2. The number of benzene rings is 1. The summed E-state index contributed by atoms with van der Waals surface area (Å²) in [5, 5.41) is 2.98. The Kier molecular flexibility index (Phi) is 6.88. The fourth-order valence-corrected chi connectivity index (χ4v) is 5.16. The number of piperidine rings is 2. The molecule has 0 saturated carbocycles. The summed E-state index contributed by atoms with van der Waals surface area (Å²) >= 11 is 0. The van der Waals surface area contributed by atoms with Crippen LogP contribution in [-0.4, -0.2) is 57.8 Å². The van der Waals surface area contributed by atoms with Crippen LogP contribution in [0.25, 0.3) is 11.0 Å². The number of hydrogen-bond donors (Lipinski definition) is 1. The van der Waals surface area contributed by atoms with Crippen LogP contribution in [0, 0.1) is 11.8 Å². The van der Waals surface area contributed by atoms with Crippen LogP contribution in [0.5, 0.6) is 0 Å². The SMILES string of the molecule is CC1CCCN(c2cc(C(=O)N3CCC(CC(=O)Nc4ccc5nccnc5c4)CC3)ccn2)C1. The van der Waals surface area contributed by atoms with Gasteiger partial charge in [-0.2, -0.15) is 0 Å². The summed E-state index contributed by atoms with van der Waals surface area (Å²) in [5.41, 5.74) is 2.98. The van der Waals surface area contributed by atoms with E-state index in [0.29, 0.717) is 31.0 Å². The van der Waals surface area contributed by atoms with E-state index in [0.717, 1.165) is 54.9 Å². The highest BCUT2D eigenvalue weighted by Crippen LogP contribution is 2.25. The Morgan fingerprint density at radius 1 is 0.943 bits per heavy atom. The van der Waals surface area contributed by atoms with E-state index < -0.39 is 0 Å². The van der Waals surface area contributed by atoms with Crippen molar-refractivity contribution in [2.24, 2.45) is 11.8 Å². The van der Waals surface area contributed by atoms with Crippen molar-refractivity contribution in [1.29, 1.82) is 0 Å². The molecule has 0 aliphatic carbocycles. The summed E-state index contributed by atoms with van der Waals surface area (Å²) < 4.78 is 0. The van der Waals surface area contributed by atoms with Crippen molar-refractivity contribution in [3.05, 3.63) is 54.5 Å². The molecule has 2 saturated heterocycles. The van der Waals surface area contributed by atoms with Gasteiger partial charge in [-0.3, -0.25) is 19.6 Å². The Labute approximate surface area is 205 Å². The van der Waals surface area contributed by atoms with E-state index in [2.05, 4.69) is 32.1 Å². The predicted molar refractivity (Wildman–Crippen MR) is 136 cm³/mol. The van der Waals surface area contributed by atoms with Crippen molar-refractivity contribution in [2.75, 3.05) is 36.4 Å². The number of aromatic nitrogens is 3. The van der Waals surface area contributed by atoms with E-state index in [1.165, 1.54) is 6.42 Å². The van der Waals surface area contributed by atoms with Crippen LogP contribution in [0.1, 0.15) is 49.4 Å². The van der Waals surface area contributed by atoms with Gasteiger partial charge in [-0.15, -0.1) is 0 Å². The third-order valence-electron chi connectivity index (χ3n) is 7.10. The second-order valence-corrected chi connectivity index (χ2v) is 9.84. The van der Waals surface area contributed by atoms with Crippen LogP contribution in [0.2, 0.25) is 0 Å². The lowest BCUT2D eigenvalue weighted by Gasteiger charge is -2.33. The van der Waals surface area contributed by atoms with Crippen molar-refractivity contribution in [3.63, 3.8) is 0 Å². The molecule has 1 atom stereocenters. The average Bonchev–Trinajstić information content (AvgIpc) is 2.89. The van der Waals surface area contributed by atoms with Crippen molar-refractivity contribution in [3.8, 4) is 0 Å². The van der Waals surface area contributed by atoms with Crippen molar-refractivity contribution >= 4 is 34.4 Å². The van der Waals surface area contributed by atoms with Crippen LogP contribution in [0.4, 0.5) is 11.5 Å². The van der Waals surface area contributed by atoms with Crippen LogP contribution >= 0.6 is 0 Å². The maximum absolute atomic E-state index is 13.2. The molecular formula is C27H32N6O2. The van der Waals surface area contributed by atoms with Gasteiger partial charge in [0.2, 0.25) is 5.91 Å². The summed E-state index contributed by atoms with van der Waals surface area (Å²) in [6.45, 7) is 5.59. The van der Waals surface area contributed by atoms with Gasteiger partial charge >= 0.3 is 0 Å². The Morgan fingerprint density at radius 2 is 1.74 bits per heavy atom. The molecule has 35 heavy (non-hydrogen) atoms. The van der Waals surface area contributed by atoms with E-state index in [1.54, 1.807) is 18.6 Å². The highest BCUT2D eigenvalue weighted by atomic mass is 16.2. The van der Waals surface area contributed by atoms with Crippen LogP contribution < -0.4 is 10.2 Å². The van der Waals surface area contributed by atoms with Crippen molar-refractivity contribution in [2.45, 2.75) is 39.0 Å². The minimum atomic E-state index is -0.00690. The second-order valence-electron chi connectivity index (χ2n) is 9.84. The number of hydrogen-bond acceptors (Lipinski definition) is 6. The molecule has 8 heteroatoms. The standard InChI is InChI=1S/C27H32N6O2/c1-19-3-2-12-33(18-19)25-16-21(6-9-30-25)27(35)32-13-7-20(8-14-32)15-26(34)31-22-4-5-23-24(17-22)29-11-10-28-23/h4-6,9-11,16-17,19-20H,2-3,7-8,12-15,18H2,1H3,(H,31,34). The molecule has 0 bridgehead atoms. The first kappa shape index (κ1) is 23.2. The summed E-state index contributed by atoms with van der Waals surface area (Å²) in [6.07, 6.45) is 9.55. The second kappa shape index (κ2) is 10.4. The largest absolute Gasteiger partial charge is 0.356 e. The fraction of sp³-hybridized carbons (Fsp3) is 0.444. The normalized spacial score (nSPS) is 19.1. The first-order valence-electron chi connectivity index (χ1n) is 12.6. The number of carbonyl (C=O) groups excluding carboxylic acids is 2. The Hall–Kier alpha value is -3.55. The van der Waals surface area contributed by atoms with E-state index >= 15 is 0 Å². The Bertz CT molecular complexity index is 1210. The van der Waals surface area contributed by atoms with E-state index in [-0.39, 0.29) is 17.7 Å². The number of pyridine rings is 1. The molecule has 182 valence electrons. The van der Waals surface area contributed by atoms with E-state index in [1.807, 2.05) is 35.2 Å². The van der Waals surface area contributed by atoms with Gasteiger partial charge in [0.05, 0.1) is 11.0 Å². The number of nitrogens with zero attached hydrogens (tertiary/aromatic N) is 5. The number of amides is 2. The molecule has 2 fully saturated rings. The molecule has 0 spiro atoms. The number of likely N-dealkylation sites (tertiary alicyclic amines) is 1. The van der Waals surface area contributed by atoms with E-state index in [4.69, 9.17) is 0 Å². The Morgan fingerprint density at radius 3 is 2.54 bits per heavy atom. The molecular weight excluding hydrogens is 440 g/mol. The molecule has 5 rings (SSSR count). The molecule has 1 N–H and O–H groups in total. The smallest absolute Gasteiger partial charge is 0.254 e. The van der Waals surface area contributed by atoms with E-state index in [9.17, 15) is 9.59 Å².